The fourth-order valence-electron chi connectivity index (χ4n) is 4.01. The van der Waals surface area contributed by atoms with Crippen LogP contribution in [0, 0.1) is 5.92 Å². The van der Waals surface area contributed by atoms with Crippen LogP contribution in [0.5, 0.6) is 11.5 Å². The molecule has 1 saturated carbocycles. The largest absolute Gasteiger partial charge is 0.493 e. The first kappa shape index (κ1) is 15.2. The molecule has 0 N–H and O–H groups in total. The molecular weight excluding hydrogens is 278 g/mol. The Morgan fingerprint density at radius 2 is 1.77 bits per heavy atom. The molecule has 1 aromatic rings. The molecule has 1 aromatic carbocycles. The molecule has 1 aliphatic carbocycles. The van der Waals surface area contributed by atoms with Crippen molar-refractivity contribution in [3.8, 4) is 11.5 Å². The molecule has 0 bridgehead atoms. The summed E-state index contributed by atoms with van der Waals surface area (Å²) in [4.78, 5) is 15.0. The van der Waals surface area contributed by atoms with Crippen LogP contribution in [0.15, 0.2) is 18.2 Å². The maximum atomic E-state index is 12.9. The maximum Gasteiger partial charge on any atom is 0.254 e. The highest BCUT2D eigenvalue weighted by Gasteiger charge is 2.36. The van der Waals surface area contributed by atoms with Gasteiger partial charge in [-0.3, -0.25) is 4.79 Å². The van der Waals surface area contributed by atoms with Crippen molar-refractivity contribution in [2.45, 2.75) is 44.6 Å². The van der Waals surface area contributed by atoms with Gasteiger partial charge < -0.3 is 14.4 Å². The number of hydrogen-bond acceptors (Lipinski definition) is 3. The summed E-state index contributed by atoms with van der Waals surface area (Å²) in [5.41, 5.74) is 0.697. The van der Waals surface area contributed by atoms with Gasteiger partial charge in [-0.15, -0.1) is 0 Å². The summed E-state index contributed by atoms with van der Waals surface area (Å²) < 4.78 is 10.6. The van der Waals surface area contributed by atoms with Crippen LogP contribution in [0.2, 0.25) is 0 Å². The van der Waals surface area contributed by atoms with Crippen LogP contribution in [0.3, 0.4) is 0 Å². The van der Waals surface area contributed by atoms with Gasteiger partial charge in [0.2, 0.25) is 0 Å². The molecule has 1 aliphatic heterocycles. The molecule has 3 rings (SSSR count). The minimum atomic E-state index is 0.135. The highest BCUT2D eigenvalue weighted by molar-refractivity contribution is 5.95. The summed E-state index contributed by atoms with van der Waals surface area (Å²) in [6.07, 6.45) is 7.48. The minimum absolute atomic E-state index is 0.135. The van der Waals surface area contributed by atoms with Gasteiger partial charge in [0.05, 0.1) is 14.2 Å². The summed E-state index contributed by atoms with van der Waals surface area (Å²) in [7, 11) is 3.21. The normalized spacial score (nSPS) is 22.1. The van der Waals surface area contributed by atoms with E-state index in [4.69, 9.17) is 9.47 Å². The number of rotatable bonds is 4. The number of likely N-dealkylation sites (tertiary alicyclic amines) is 1. The zero-order valence-electron chi connectivity index (χ0n) is 13.5. The standard InChI is InChI=1S/C18H25NO3/c1-21-16-10-9-14(12-17(16)22-2)18(20)19-11-5-8-15(19)13-6-3-4-7-13/h9-10,12-13,15H,3-8,11H2,1-2H3. The van der Waals surface area contributed by atoms with E-state index in [0.717, 1.165) is 19.4 Å². The quantitative estimate of drug-likeness (QED) is 0.854. The fraction of sp³-hybridized carbons (Fsp3) is 0.611. The Morgan fingerprint density at radius 1 is 1.05 bits per heavy atom. The number of benzene rings is 1. The van der Waals surface area contributed by atoms with Crippen molar-refractivity contribution in [1.82, 2.24) is 4.90 Å². The first-order valence-corrected chi connectivity index (χ1v) is 8.27. The number of methoxy groups -OCH3 is 2. The lowest BCUT2D eigenvalue weighted by Crippen LogP contribution is -2.39. The predicted octanol–water partition coefficient (Wildman–Crippen LogP) is 3.50. The van der Waals surface area contributed by atoms with Crippen molar-refractivity contribution in [3.63, 3.8) is 0 Å². The number of carbonyl (C=O) groups excluding carboxylic acids is 1. The Hall–Kier alpha value is -1.71. The third kappa shape index (κ3) is 2.79. The molecule has 1 heterocycles. The van der Waals surface area contributed by atoms with E-state index in [1.807, 2.05) is 12.1 Å². The van der Waals surface area contributed by atoms with Gasteiger partial charge in [0.1, 0.15) is 0 Å². The molecule has 2 aliphatic rings. The van der Waals surface area contributed by atoms with Crippen LogP contribution < -0.4 is 9.47 Å². The van der Waals surface area contributed by atoms with Gasteiger partial charge in [0, 0.05) is 18.2 Å². The summed E-state index contributed by atoms with van der Waals surface area (Å²) in [5.74, 6) is 2.11. The first-order chi connectivity index (χ1) is 10.7. The zero-order chi connectivity index (χ0) is 15.5. The van der Waals surface area contributed by atoms with Crippen LogP contribution in [0.4, 0.5) is 0 Å². The smallest absolute Gasteiger partial charge is 0.254 e. The molecule has 1 saturated heterocycles. The fourth-order valence-corrected chi connectivity index (χ4v) is 4.01. The molecule has 22 heavy (non-hydrogen) atoms. The van der Waals surface area contributed by atoms with E-state index in [1.54, 1.807) is 20.3 Å². The van der Waals surface area contributed by atoms with Crippen molar-refractivity contribution in [2.24, 2.45) is 5.92 Å². The molecule has 1 unspecified atom stereocenters. The number of amides is 1. The maximum absolute atomic E-state index is 12.9. The van der Waals surface area contributed by atoms with Crippen LogP contribution in [-0.4, -0.2) is 37.6 Å². The Labute approximate surface area is 132 Å². The molecule has 0 radical (unpaired) electrons. The van der Waals surface area contributed by atoms with Gasteiger partial charge in [-0.2, -0.15) is 0 Å². The highest BCUT2D eigenvalue weighted by Crippen LogP contribution is 2.36. The Morgan fingerprint density at radius 3 is 2.45 bits per heavy atom. The third-order valence-corrected chi connectivity index (χ3v) is 5.13. The van der Waals surface area contributed by atoms with Crippen LogP contribution >= 0.6 is 0 Å². The second kappa shape index (κ2) is 6.59. The van der Waals surface area contributed by atoms with E-state index in [1.165, 1.54) is 25.7 Å². The van der Waals surface area contributed by atoms with Crippen LogP contribution in [0.1, 0.15) is 48.9 Å². The third-order valence-electron chi connectivity index (χ3n) is 5.13. The molecule has 1 atom stereocenters. The van der Waals surface area contributed by atoms with Crippen molar-refractivity contribution in [1.29, 1.82) is 0 Å². The highest BCUT2D eigenvalue weighted by atomic mass is 16.5. The lowest BCUT2D eigenvalue weighted by molar-refractivity contribution is 0.0688. The molecular formula is C18H25NO3. The SMILES string of the molecule is COc1ccc(C(=O)N2CCCC2C2CCCC2)cc1OC. The molecule has 120 valence electrons. The lowest BCUT2D eigenvalue weighted by atomic mass is 9.95. The summed E-state index contributed by atoms with van der Waals surface area (Å²) in [5, 5.41) is 0. The summed E-state index contributed by atoms with van der Waals surface area (Å²) in [6, 6.07) is 5.88. The first-order valence-electron chi connectivity index (χ1n) is 8.27. The number of hydrogen-bond donors (Lipinski definition) is 0. The molecule has 4 nitrogen and oxygen atoms in total. The topological polar surface area (TPSA) is 38.8 Å². The van der Waals surface area contributed by atoms with Crippen LogP contribution in [0.25, 0.3) is 0 Å². The zero-order valence-corrected chi connectivity index (χ0v) is 13.5. The van der Waals surface area contributed by atoms with E-state index in [-0.39, 0.29) is 5.91 Å². The van der Waals surface area contributed by atoms with Crippen molar-refractivity contribution in [3.05, 3.63) is 23.8 Å². The van der Waals surface area contributed by atoms with Gasteiger partial charge in [-0.05, 0) is 49.8 Å². The van der Waals surface area contributed by atoms with Gasteiger partial charge in [0.25, 0.3) is 5.91 Å². The lowest BCUT2D eigenvalue weighted by Gasteiger charge is -2.29. The van der Waals surface area contributed by atoms with E-state index >= 15 is 0 Å². The number of ether oxygens (including phenoxy) is 2. The van der Waals surface area contributed by atoms with Crippen LogP contribution in [-0.2, 0) is 0 Å². The van der Waals surface area contributed by atoms with Crippen molar-refractivity contribution >= 4 is 5.91 Å². The molecule has 0 spiro atoms. The number of nitrogens with zero attached hydrogens (tertiary/aromatic N) is 1. The summed E-state index contributed by atoms with van der Waals surface area (Å²) in [6.45, 7) is 0.883. The van der Waals surface area contributed by atoms with Crippen molar-refractivity contribution in [2.75, 3.05) is 20.8 Å². The second-order valence-electron chi connectivity index (χ2n) is 6.32. The predicted molar refractivity (Wildman–Crippen MR) is 85.6 cm³/mol. The van der Waals surface area contributed by atoms with Crippen molar-refractivity contribution < 1.29 is 14.3 Å². The monoisotopic (exact) mass is 303 g/mol. The van der Waals surface area contributed by atoms with E-state index in [9.17, 15) is 4.79 Å². The molecule has 0 aromatic heterocycles. The Bertz CT molecular complexity index is 537. The van der Waals surface area contributed by atoms with Gasteiger partial charge in [-0.1, -0.05) is 12.8 Å². The minimum Gasteiger partial charge on any atom is -0.493 e. The Kier molecular flexibility index (Phi) is 4.55. The molecule has 1 amide bonds. The Balaban J connectivity index is 1.80. The molecule has 4 heteroatoms. The van der Waals surface area contributed by atoms with Gasteiger partial charge in [0.15, 0.2) is 11.5 Å². The molecule has 2 fully saturated rings. The summed E-state index contributed by atoms with van der Waals surface area (Å²) >= 11 is 0. The average Bonchev–Trinajstić information content (AvgIpc) is 3.23. The van der Waals surface area contributed by atoms with Gasteiger partial charge >= 0.3 is 0 Å². The second-order valence-corrected chi connectivity index (χ2v) is 6.32. The van der Waals surface area contributed by atoms with E-state index in [2.05, 4.69) is 4.90 Å². The van der Waals surface area contributed by atoms with E-state index < -0.39 is 0 Å². The number of carbonyl (C=O) groups is 1. The van der Waals surface area contributed by atoms with E-state index in [0.29, 0.717) is 29.0 Å². The average molecular weight is 303 g/mol. The van der Waals surface area contributed by atoms with Gasteiger partial charge in [-0.25, -0.2) is 0 Å².